The number of piperazine rings is 1. The maximum absolute atomic E-state index is 5.78. The summed E-state index contributed by atoms with van der Waals surface area (Å²) in [5, 5.41) is 0. The molecule has 2 heterocycles. The van der Waals surface area contributed by atoms with E-state index >= 15 is 0 Å². The molecule has 1 aliphatic rings. The van der Waals surface area contributed by atoms with Crippen molar-refractivity contribution in [2.24, 2.45) is 0 Å². The van der Waals surface area contributed by atoms with E-state index in [-0.39, 0.29) is 5.60 Å². The molecule has 0 aromatic carbocycles. The maximum Gasteiger partial charge on any atom is 0.225 e. The van der Waals surface area contributed by atoms with Crippen molar-refractivity contribution < 1.29 is 4.74 Å². The SMILES string of the molecule is Cc1cnc(N2CCN(CCOC(C)(C)C)CC2)nc1. The van der Waals surface area contributed by atoms with Crippen LogP contribution in [0.4, 0.5) is 5.95 Å². The summed E-state index contributed by atoms with van der Waals surface area (Å²) in [6.07, 6.45) is 3.76. The van der Waals surface area contributed by atoms with Crippen molar-refractivity contribution >= 4 is 5.95 Å². The summed E-state index contributed by atoms with van der Waals surface area (Å²) in [4.78, 5) is 13.5. The van der Waals surface area contributed by atoms with E-state index in [2.05, 4.69) is 40.5 Å². The monoisotopic (exact) mass is 278 g/mol. The molecule has 0 N–H and O–H groups in total. The van der Waals surface area contributed by atoms with Gasteiger partial charge < -0.3 is 9.64 Å². The molecular weight excluding hydrogens is 252 g/mol. The average molecular weight is 278 g/mol. The van der Waals surface area contributed by atoms with Gasteiger partial charge in [-0.05, 0) is 33.3 Å². The number of hydrogen-bond acceptors (Lipinski definition) is 5. The smallest absolute Gasteiger partial charge is 0.225 e. The summed E-state index contributed by atoms with van der Waals surface area (Å²) < 4.78 is 5.78. The second kappa shape index (κ2) is 6.50. The van der Waals surface area contributed by atoms with Crippen LogP contribution in [0.1, 0.15) is 26.3 Å². The van der Waals surface area contributed by atoms with Gasteiger partial charge in [-0.3, -0.25) is 4.90 Å². The van der Waals surface area contributed by atoms with Crippen molar-refractivity contribution in [3.8, 4) is 0 Å². The van der Waals surface area contributed by atoms with Crippen LogP contribution in [0.5, 0.6) is 0 Å². The highest BCUT2D eigenvalue weighted by atomic mass is 16.5. The Balaban J connectivity index is 1.74. The van der Waals surface area contributed by atoms with E-state index < -0.39 is 0 Å². The molecule has 0 radical (unpaired) electrons. The van der Waals surface area contributed by atoms with E-state index in [1.165, 1.54) is 0 Å². The minimum atomic E-state index is -0.0441. The first-order chi connectivity index (χ1) is 9.44. The number of hydrogen-bond donors (Lipinski definition) is 0. The number of nitrogens with zero attached hydrogens (tertiary/aromatic N) is 4. The molecule has 1 saturated heterocycles. The topological polar surface area (TPSA) is 41.5 Å². The van der Waals surface area contributed by atoms with Gasteiger partial charge in [-0.1, -0.05) is 0 Å². The van der Waals surface area contributed by atoms with Crippen molar-refractivity contribution in [2.45, 2.75) is 33.3 Å². The molecule has 0 aliphatic carbocycles. The van der Waals surface area contributed by atoms with E-state index in [0.29, 0.717) is 0 Å². The summed E-state index contributed by atoms with van der Waals surface area (Å²) >= 11 is 0. The Morgan fingerprint density at radius 1 is 1.10 bits per heavy atom. The summed E-state index contributed by atoms with van der Waals surface area (Å²) in [7, 11) is 0. The Morgan fingerprint density at radius 3 is 2.25 bits per heavy atom. The van der Waals surface area contributed by atoms with Gasteiger partial charge in [-0.15, -0.1) is 0 Å². The number of anilines is 1. The summed E-state index contributed by atoms with van der Waals surface area (Å²) in [6, 6.07) is 0. The molecule has 1 aliphatic heterocycles. The molecule has 0 saturated carbocycles. The zero-order valence-electron chi connectivity index (χ0n) is 13.1. The van der Waals surface area contributed by atoms with E-state index in [4.69, 9.17) is 4.74 Å². The molecule has 0 bridgehead atoms. The summed E-state index contributed by atoms with van der Waals surface area (Å²) in [5.74, 6) is 0.848. The van der Waals surface area contributed by atoms with Crippen molar-refractivity contribution in [3.05, 3.63) is 18.0 Å². The number of aryl methyl sites for hydroxylation is 1. The third kappa shape index (κ3) is 4.72. The van der Waals surface area contributed by atoms with Crippen molar-refractivity contribution in [1.29, 1.82) is 0 Å². The lowest BCUT2D eigenvalue weighted by Gasteiger charge is -2.35. The normalized spacial score (nSPS) is 17.5. The number of ether oxygens (including phenoxy) is 1. The molecular formula is C15H26N4O. The Labute approximate surface area is 122 Å². The summed E-state index contributed by atoms with van der Waals surface area (Å²) in [5.41, 5.74) is 1.06. The fourth-order valence-corrected chi connectivity index (χ4v) is 2.20. The van der Waals surface area contributed by atoms with Crippen LogP contribution in [-0.4, -0.2) is 59.8 Å². The fraction of sp³-hybridized carbons (Fsp3) is 0.733. The highest BCUT2D eigenvalue weighted by molar-refractivity contribution is 5.30. The second-order valence-corrected chi connectivity index (χ2v) is 6.35. The lowest BCUT2D eigenvalue weighted by atomic mass is 10.2. The van der Waals surface area contributed by atoms with Gasteiger partial charge in [0.2, 0.25) is 5.95 Å². The van der Waals surface area contributed by atoms with E-state index in [0.717, 1.165) is 50.8 Å². The van der Waals surface area contributed by atoms with Gasteiger partial charge in [0.1, 0.15) is 0 Å². The van der Waals surface area contributed by atoms with E-state index in [9.17, 15) is 0 Å². The van der Waals surface area contributed by atoms with Gasteiger partial charge in [-0.25, -0.2) is 9.97 Å². The molecule has 1 aromatic rings. The van der Waals surface area contributed by atoms with Crippen LogP contribution in [0.2, 0.25) is 0 Å². The van der Waals surface area contributed by atoms with Crippen LogP contribution in [0.25, 0.3) is 0 Å². The maximum atomic E-state index is 5.78. The van der Waals surface area contributed by atoms with Crippen LogP contribution in [0.3, 0.4) is 0 Å². The molecule has 112 valence electrons. The van der Waals surface area contributed by atoms with E-state index in [1.807, 2.05) is 19.3 Å². The van der Waals surface area contributed by atoms with Crippen molar-refractivity contribution in [3.63, 3.8) is 0 Å². The molecule has 0 atom stereocenters. The van der Waals surface area contributed by atoms with Crippen molar-refractivity contribution in [2.75, 3.05) is 44.2 Å². The zero-order chi connectivity index (χ0) is 14.6. The quantitative estimate of drug-likeness (QED) is 0.839. The Morgan fingerprint density at radius 2 is 1.70 bits per heavy atom. The Bertz CT molecular complexity index is 405. The second-order valence-electron chi connectivity index (χ2n) is 6.35. The number of aromatic nitrogens is 2. The van der Waals surface area contributed by atoms with Crippen LogP contribution < -0.4 is 4.90 Å². The summed E-state index contributed by atoms with van der Waals surface area (Å²) in [6.45, 7) is 14.2. The lowest BCUT2D eigenvalue weighted by Crippen LogP contribution is -2.48. The van der Waals surface area contributed by atoms with Crippen LogP contribution in [0.15, 0.2) is 12.4 Å². The first kappa shape index (κ1) is 15.2. The molecule has 0 amide bonds. The molecule has 0 spiro atoms. The molecule has 20 heavy (non-hydrogen) atoms. The number of rotatable bonds is 4. The fourth-order valence-electron chi connectivity index (χ4n) is 2.20. The first-order valence-corrected chi connectivity index (χ1v) is 7.34. The minimum absolute atomic E-state index is 0.0441. The molecule has 5 nitrogen and oxygen atoms in total. The van der Waals surface area contributed by atoms with Gasteiger partial charge in [0.15, 0.2) is 0 Å². The predicted octanol–water partition coefficient (Wildman–Crippen LogP) is 1.72. The van der Waals surface area contributed by atoms with Gasteiger partial charge in [0.05, 0.1) is 12.2 Å². The molecule has 0 unspecified atom stereocenters. The third-order valence-electron chi connectivity index (χ3n) is 3.37. The van der Waals surface area contributed by atoms with Gasteiger partial charge in [0.25, 0.3) is 0 Å². The predicted molar refractivity (Wildman–Crippen MR) is 81.1 cm³/mol. The van der Waals surface area contributed by atoms with Gasteiger partial charge in [0, 0.05) is 45.1 Å². The lowest BCUT2D eigenvalue weighted by molar-refractivity contribution is -0.0135. The molecule has 2 rings (SSSR count). The molecule has 1 aromatic heterocycles. The molecule has 1 fully saturated rings. The van der Waals surface area contributed by atoms with Gasteiger partial charge in [-0.2, -0.15) is 0 Å². The molecule has 5 heteroatoms. The van der Waals surface area contributed by atoms with Gasteiger partial charge >= 0.3 is 0 Å². The Kier molecular flexibility index (Phi) is 4.94. The van der Waals surface area contributed by atoms with Crippen LogP contribution in [0, 0.1) is 6.92 Å². The largest absolute Gasteiger partial charge is 0.375 e. The first-order valence-electron chi connectivity index (χ1n) is 7.34. The van der Waals surface area contributed by atoms with Crippen molar-refractivity contribution in [1.82, 2.24) is 14.9 Å². The standard InChI is InChI=1S/C15H26N4O/c1-13-11-16-14(17-12-13)19-7-5-18(6-8-19)9-10-20-15(2,3)4/h11-12H,5-10H2,1-4H3. The third-order valence-corrected chi connectivity index (χ3v) is 3.37. The minimum Gasteiger partial charge on any atom is -0.375 e. The average Bonchev–Trinajstić information content (AvgIpc) is 2.39. The highest BCUT2D eigenvalue weighted by Crippen LogP contribution is 2.11. The van der Waals surface area contributed by atoms with Crippen LogP contribution >= 0.6 is 0 Å². The zero-order valence-corrected chi connectivity index (χ0v) is 13.1. The Hall–Kier alpha value is -1.20. The highest BCUT2D eigenvalue weighted by Gasteiger charge is 2.19. The van der Waals surface area contributed by atoms with E-state index in [1.54, 1.807) is 0 Å². The van der Waals surface area contributed by atoms with Crippen LogP contribution in [-0.2, 0) is 4.74 Å².